The van der Waals surface area contributed by atoms with Gasteiger partial charge in [-0.05, 0) is 41.8 Å². The highest BCUT2D eigenvalue weighted by Gasteiger charge is 2.30. The molecular formula is C20H20O4. The molecule has 4 nitrogen and oxygen atoms in total. The first-order valence-electron chi connectivity index (χ1n) is 7.55. The third-order valence-corrected chi connectivity index (χ3v) is 4.08. The minimum atomic E-state index is -0.504. The second-order valence-electron chi connectivity index (χ2n) is 5.87. The highest BCUT2D eigenvalue weighted by Crippen LogP contribution is 2.37. The van der Waals surface area contributed by atoms with Gasteiger partial charge < -0.3 is 14.9 Å². The van der Waals surface area contributed by atoms with Gasteiger partial charge in [-0.2, -0.15) is 0 Å². The summed E-state index contributed by atoms with van der Waals surface area (Å²) in [6.07, 6.45) is 0.614. The van der Waals surface area contributed by atoms with Crippen molar-refractivity contribution >= 4 is 5.97 Å². The van der Waals surface area contributed by atoms with Crippen LogP contribution in [0.4, 0.5) is 0 Å². The fourth-order valence-electron chi connectivity index (χ4n) is 2.66. The minimum absolute atomic E-state index is 0.129. The van der Waals surface area contributed by atoms with Gasteiger partial charge in [-0.15, -0.1) is 0 Å². The van der Waals surface area contributed by atoms with Crippen molar-refractivity contribution in [3.05, 3.63) is 78.9 Å². The Morgan fingerprint density at radius 1 is 1.04 bits per heavy atom. The molecule has 2 aromatic rings. The topological polar surface area (TPSA) is 66.8 Å². The van der Waals surface area contributed by atoms with Gasteiger partial charge in [0.25, 0.3) is 0 Å². The number of carbonyl (C=O) groups is 1. The molecule has 0 aromatic heterocycles. The molecule has 0 aliphatic carbocycles. The van der Waals surface area contributed by atoms with E-state index in [2.05, 4.69) is 6.58 Å². The number of rotatable bonds is 6. The average Bonchev–Trinajstić information content (AvgIpc) is 2.53. The number of phenols is 2. The second-order valence-corrected chi connectivity index (χ2v) is 5.87. The highest BCUT2D eigenvalue weighted by molar-refractivity contribution is 5.71. The van der Waals surface area contributed by atoms with Crippen LogP contribution >= 0.6 is 0 Å². The van der Waals surface area contributed by atoms with E-state index in [9.17, 15) is 15.0 Å². The van der Waals surface area contributed by atoms with E-state index in [4.69, 9.17) is 11.7 Å². The minimum Gasteiger partial charge on any atom is -0.508 e. The number of carbonyl (C=O) groups excluding carboxylic acids is 1. The molecular weight excluding hydrogens is 304 g/mol. The summed E-state index contributed by atoms with van der Waals surface area (Å²) >= 11 is 0. The monoisotopic (exact) mass is 324 g/mol. The zero-order valence-electron chi connectivity index (χ0n) is 13.5. The molecule has 0 saturated carbocycles. The van der Waals surface area contributed by atoms with Gasteiger partial charge in [-0.3, -0.25) is 4.79 Å². The van der Waals surface area contributed by atoms with Gasteiger partial charge in [0.15, 0.2) is 0 Å². The number of phenolic OH excluding ortho intramolecular Hbond substituents is 2. The lowest BCUT2D eigenvalue weighted by Crippen LogP contribution is -2.25. The highest BCUT2D eigenvalue weighted by atomic mass is 16.5. The maximum absolute atomic E-state index is 11.8. The summed E-state index contributed by atoms with van der Waals surface area (Å²) < 4.78 is 4.82. The van der Waals surface area contributed by atoms with Gasteiger partial charge in [0.2, 0.25) is 0 Å². The number of aromatic hydroxyl groups is 2. The molecule has 4 heteroatoms. The molecule has 0 atom stereocenters. The number of allylic oxidation sites excluding steroid dienone is 1. The van der Waals surface area contributed by atoms with Crippen LogP contribution in [0.25, 0.3) is 0 Å². The van der Waals surface area contributed by atoms with Crippen LogP contribution in [-0.2, 0) is 14.9 Å². The van der Waals surface area contributed by atoms with E-state index in [1.807, 2.05) is 31.2 Å². The third kappa shape index (κ3) is 4.16. The third-order valence-electron chi connectivity index (χ3n) is 4.08. The maximum atomic E-state index is 11.8. The Bertz CT molecular complexity index is 669. The quantitative estimate of drug-likeness (QED) is 0.623. The van der Waals surface area contributed by atoms with Crippen LogP contribution in [0, 0.1) is 6.92 Å². The Morgan fingerprint density at radius 3 is 1.83 bits per heavy atom. The molecule has 0 spiro atoms. The van der Waals surface area contributed by atoms with Crippen molar-refractivity contribution in [2.45, 2.75) is 25.2 Å². The summed E-state index contributed by atoms with van der Waals surface area (Å²) in [7, 11) is 0. The molecule has 0 fully saturated rings. The van der Waals surface area contributed by atoms with E-state index >= 15 is 0 Å². The van der Waals surface area contributed by atoms with E-state index in [-0.39, 0.29) is 23.7 Å². The fourth-order valence-corrected chi connectivity index (χ4v) is 2.66. The first-order valence-corrected chi connectivity index (χ1v) is 7.55. The lowest BCUT2D eigenvalue weighted by atomic mass is 9.73. The Balaban J connectivity index is 2.33. The average molecular weight is 324 g/mol. The first-order chi connectivity index (χ1) is 11.3. The maximum Gasteiger partial charge on any atom is 0.310 e. The normalized spacial score (nSPS) is 11.1. The van der Waals surface area contributed by atoms with Crippen molar-refractivity contribution in [2.75, 3.05) is 0 Å². The van der Waals surface area contributed by atoms with E-state index in [0.29, 0.717) is 6.42 Å². The molecule has 2 aromatic carbocycles. The molecule has 0 saturated heterocycles. The summed E-state index contributed by atoms with van der Waals surface area (Å²) in [5.74, 6) is -0.237. The molecule has 0 amide bonds. The Hall–Kier alpha value is -2.75. The van der Waals surface area contributed by atoms with E-state index < -0.39 is 11.4 Å². The largest absolute Gasteiger partial charge is 0.508 e. The van der Waals surface area contributed by atoms with Crippen LogP contribution in [0.1, 0.15) is 30.9 Å². The van der Waals surface area contributed by atoms with Gasteiger partial charge in [0.1, 0.15) is 17.3 Å². The van der Waals surface area contributed by atoms with Crippen molar-refractivity contribution in [3.8, 4) is 11.5 Å². The van der Waals surface area contributed by atoms with Gasteiger partial charge in [-0.25, -0.2) is 0 Å². The van der Waals surface area contributed by atoms with Crippen molar-refractivity contribution < 1.29 is 19.7 Å². The second kappa shape index (κ2) is 7.21. The number of esters is 1. The predicted molar refractivity (Wildman–Crippen MR) is 91.4 cm³/mol. The van der Waals surface area contributed by atoms with Gasteiger partial charge in [0.05, 0.1) is 0 Å². The molecule has 0 aliphatic rings. The summed E-state index contributed by atoms with van der Waals surface area (Å²) in [6, 6.07) is 13.7. The van der Waals surface area contributed by atoms with E-state index in [0.717, 1.165) is 11.1 Å². The Labute approximate surface area is 142 Å². The molecule has 2 rings (SSSR count). The number of benzene rings is 2. The fraction of sp³-hybridized carbons (Fsp3) is 0.200. The molecule has 0 unspecified atom stereocenters. The van der Waals surface area contributed by atoms with E-state index in [1.54, 1.807) is 24.3 Å². The van der Waals surface area contributed by atoms with Crippen molar-refractivity contribution in [1.82, 2.24) is 0 Å². The molecule has 0 heterocycles. The van der Waals surface area contributed by atoms with Gasteiger partial charge in [0, 0.05) is 18.8 Å². The van der Waals surface area contributed by atoms with Crippen molar-refractivity contribution in [1.29, 1.82) is 0 Å². The van der Waals surface area contributed by atoms with Crippen LogP contribution in [0.5, 0.6) is 11.5 Å². The first kappa shape index (κ1) is 17.6. The lowest BCUT2D eigenvalue weighted by Gasteiger charge is -2.31. The van der Waals surface area contributed by atoms with Crippen LogP contribution in [-0.4, -0.2) is 16.2 Å². The zero-order chi connectivity index (χ0) is 17.7. The van der Waals surface area contributed by atoms with Crippen LogP contribution in [0.3, 0.4) is 0 Å². The molecule has 124 valence electrons. The summed E-state index contributed by atoms with van der Waals surface area (Å²) in [6.45, 7) is 10.6. The predicted octanol–water partition coefficient (Wildman–Crippen LogP) is 3.95. The molecule has 24 heavy (non-hydrogen) atoms. The summed E-state index contributed by atoms with van der Waals surface area (Å²) in [4.78, 5) is 11.8. The van der Waals surface area contributed by atoms with Crippen LogP contribution in [0.2, 0.25) is 0 Å². The number of ether oxygens (including phenoxy) is 1. The van der Waals surface area contributed by atoms with Gasteiger partial charge >= 0.3 is 5.97 Å². The van der Waals surface area contributed by atoms with Crippen molar-refractivity contribution in [3.63, 3.8) is 0 Å². The molecule has 2 radical (unpaired) electrons. The van der Waals surface area contributed by atoms with E-state index in [1.165, 1.54) is 0 Å². The van der Waals surface area contributed by atoms with Gasteiger partial charge in [-0.1, -0.05) is 37.8 Å². The zero-order valence-corrected chi connectivity index (χ0v) is 13.5. The molecule has 0 bridgehead atoms. The van der Waals surface area contributed by atoms with Crippen LogP contribution < -0.4 is 0 Å². The number of hydrogen-bond donors (Lipinski definition) is 2. The number of hydrogen-bond acceptors (Lipinski definition) is 4. The Kier molecular flexibility index (Phi) is 5.29. The summed E-state index contributed by atoms with van der Waals surface area (Å²) in [5.41, 5.74) is 1.37. The standard InChI is InChI=1S/C20H20O4/c1-14(2)24-19(23)12-13-20(3,15-4-8-17(21)9-5-15)16-6-10-18(22)11-7-16/h1,4-11,21-22H,2,12-13H2,3H3. The van der Waals surface area contributed by atoms with Crippen LogP contribution in [0.15, 0.2) is 60.9 Å². The Morgan fingerprint density at radius 2 is 1.46 bits per heavy atom. The smallest absolute Gasteiger partial charge is 0.310 e. The molecule has 2 N–H and O–H groups in total. The SMILES string of the molecule is [CH]C(=C)OC(=O)CCC(C)(c1ccc(O)cc1)c1ccc(O)cc1. The lowest BCUT2D eigenvalue weighted by molar-refractivity contribution is -0.139. The molecule has 0 aliphatic heterocycles. The van der Waals surface area contributed by atoms with Crippen molar-refractivity contribution in [2.24, 2.45) is 0 Å². The summed E-state index contributed by atoms with van der Waals surface area (Å²) in [5, 5.41) is 19.0.